The first-order valence-corrected chi connectivity index (χ1v) is 13.3. The quantitative estimate of drug-likeness (QED) is 0.447. The number of hydrogen-bond donors (Lipinski definition) is 2. The van der Waals surface area contributed by atoms with E-state index in [1.54, 1.807) is 7.11 Å². The highest BCUT2D eigenvalue weighted by atomic mass is 32.2. The first-order valence-electron chi connectivity index (χ1n) is 11.9. The van der Waals surface area contributed by atoms with Gasteiger partial charge in [-0.05, 0) is 69.8 Å². The second kappa shape index (κ2) is 12.4. The summed E-state index contributed by atoms with van der Waals surface area (Å²) in [7, 11) is 1.01. The van der Waals surface area contributed by atoms with Crippen molar-refractivity contribution in [2.24, 2.45) is 4.99 Å². The smallest absolute Gasteiger partial charge is 0.191 e. The SMILES string of the molecule is CCNC(=NCC(c1cccc(OC)c1)N1CCCC1)NC1CCCC(S(=O)CC)C1. The molecular formula is C24H40N4O2S. The van der Waals surface area contributed by atoms with E-state index >= 15 is 0 Å². The fourth-order valence-electron chi connectivity index (χ4n) is 4.78. The topological polar surface area (TPSA) is 66.0 Å². The molecule has 0 radical (unpaired) electrons. The molecule has 1 saturated heterocycles. The van der Waals surface area contributed by atoms with Crippen LogP contribution in [0.15, 0.2) is 29.3 Å². The summed E-state index contributed by atoms with van der Waals surface area (Å²) >= 11 is 0. The van der Waals surface area contributed by atoms with Crippen LogP contribution in [-0.4, -0.2) is 65.4 Å². The minimum Gasteiger partial charge on any atom is -0.497 e. The van der Waals surface area contributed by atoms with Gasteiger partial charge in [-0.3, -0.25) is 14.1 Å². The molecule has 1 aromatic rings. The van der Waals surface area contributed by atoms with E-state index in [2.05, 4.69) is 40.7 Å². The molecule has 0 amide bonds. The van der Waals surface area contributed by atoms with Gasteiger partial charge in [0.2, 0.25) is 0 Å². The van der Waals surface area contributed by atoms with E-state index in [9.17, 15) is 4.21 Å². The number of nitrogens with one attached hydrogen (secondary N) is 2. The Morgan fingerprint density at radius 2 is 2.06 bits per heavy atom. The molecule has 4 unspecified atom stereocenters. The van der Waals surface area contributed by atoms with Gasteiger partial charge in [-0.25, -0.2) is 0 Å². The third-order valence-corrected chi connectivity index (χ3v) is 8.19. The van der Waals surface area contributed by atoms with Crippen LogP contribution >= 0.6 is 0 Å². The van der Waals surface area contributed by atoms with Crippen molar-refractivity contribution in [1.29, 1.82) is 0 Å². The monoisotopic (exact) mass is 448 g/mol. The molecule has 2 aliphatic rings. The molecule has 7 heteroatoms. The van der Waals surface area contributed by atoms with Crippen LogP contribution in [0.2, 0.25) is 0 Å². The predicted octanol–water partition coefficient (Wildman–Crippen LogP) is 3.47. The van der Waals surface area contributed by atoms with Crippen LogP contribution in [0.1, 0.15) is 64.0 Å². The molecule has 0 bridgehead atoms. The average molecular weight is 449 g/mol. The van der Waals surface area contributed by atoms with E-state index in [-0.39, 0.29) is 6.04 Å². The lowest BCUT2D eigenvalue weighted by Crippen LogP contribution is -2.47. The molecule has 2 fully saturated rings. The zero-order chi connectivity index (χ0) is 22.1. The van der Waals surface area contributed by atoms with Crippen LogP contribution in [0, 0.1) is 0 Å². The molecule has 1 aliphatic carbocycles. The van der Waals surface area contributed by atoms with Gasteiger partial charge in [-0.2, -0.15) is 0 Å². The zero-order valence-corrected chi connectivity index (χ0v) is 20.3. The highest BCUT2D eigenvalue weighted by molar-refractivity contribution is 7.85. The summed E-state index contributed by atoms with van der Waals surface area (Å²) in [5.41, 5.74) is 1.26. The number of ether oxygens (including phenoxy) is 1. The average Bonchev–Trinajstić information content (AvgIpc) is 3.33. The molecule has 31 heavy (non-hydrogen) atoms. The number of likely N-dealkylation sites (tertiary alicyclic amines) is 1. The van der Waals surface area contributed by atoms with Gasteiger partial charge >= 0.3 is 0 Å². The van der Waals surface area contributed by atoms with E-state index in [0.717, 1.165) is 62.8 Å². The Bertz CT molecular complexity index is 736. The van der Waals surface area contributed by atoms with Gasteiger partial charge in [-0.1, -0.05) is 25.5 Å². The molecule has 0 spiro atoms. The Morgan fingerprint density at radius 1 is 1.26 bits per heavy atom. The predicted molar refractivity (Wildman–Crippen MR) is 130 cm³/mol. The maximum Gasteiger partial charge on any atom is 0.191 e. The number of nitrogens with zero attached hydrogens (tertiary/aromatic N) is 2. The molecule has 1 heterocycles. The van der Waals surface area contributed by atoms with Crippen molar-refractivity contribution in [3.8, 4) is 5.75 Å². The lowest BCUT2D eigenvalue weighted by atomic mass is 9.95. The number of rotatable bonds is 9. The third-order valence-electron chi connectivity index (χ3n) is 6.45. The number of methoxy groups -OCH3 is 1. The van der Waals surface area contributed by atoms with Gasteiger partial charge < -0.3 is 15.4 Å². The van der Waals surface area contributed by atoms with Crippen molar-refractivity contribution in [3.63, 3.8) is 0 Å². The molecule has 1 aromatic carbocycles. The van der Waals surface area contributed by atoms with Crippen molar-refractivity contribution in [3.05, 3.63) is 29.8 Å². The number of benzene rings is 1. The number of guanidine groups is 1. The first kappa shape index (κ1) is 24.1. The van der Waals surface area contributed by atoms with Crippen molar-refractivity contribution in [2.45, 2.75) is 69.7 Å². The Morgan fingerprint density at radius 3 is 2.77 bits per heavy atom. The molecule has 2 N–H and O–H groups in total. The Balaban J connectivity index is 1.71. The lowest BCUT2D eigenvalue weighted by Gasteiger charge is -2.31. The maximum absolute atomic E-state index is 12.3. The van der Waals surface area contributed by atoms with Gasteiger partial charge in [0.05, 0.1) is 19.7 Å². The van der Waals surface area contributed by atoms with Crippen LogP contribution in [0.3, 0.4) is 0 Å². The minimum atomic E-state index is -0.713. The summed E-state index contributed by atoms with van der Waals surface area (Å²) in [5.74, 6) is 2.53. The van der Waals surface area contributed by atoms with Gasteiger partial charge in [0.1, 0.15) is 5.75 Å². The Labute approximate surface area is 190 Å². The van der Waals surface area contributed by atoms with Gasteiger partial charge in [0.15, 0.2) is 5.96 Å². The fraction of sp³-hybridized carbons (Fsp3) is 0.708. The van der Waals surface area contributed by atoms with Crippen LogP contribution in [0.5, 0.6) is 5.75 Å². The van der Waals surface area contributed by atoms with E-state index in [0.29, 0.717) is 17.8 Å². The summed E-state index contributed by atoms with van der Waals surface area (Å²) in [4.78, 5) is 7.56. The molecule has 3 rings (SSSR count). The van der Waals surface area contributed by atoms with E-state index in [1.807, 2.05) is 13.0 Å². The van der Waals surface area contributed by atoms with E-state index in [1.165, 1.54) is 18.4 Å². The summed E-state index contributed by atoms with van der Waals surface area (Å²) < 4.78 is 17.8. The van der Waals surface area contributed by atoms with Gasteiger partial charge in [0.25, 0.3) is 0 Å². The molecule has 0 aromatic heterocycles. The van der Waals surface area contributed by atoms with Gasteiger partial charge in [-0.15, -0.1) is 0 Å². The van der Waals surface area contributed by atoms with Crippen LogP contribution in [-0.2, 0) is 10.8 Å². The van der Waals surface area contributed by atoms with Crippen molar-refractivity contribution in [1.82, 2.24) is 15.5 Å². The first-order chi connectivity index (χ1) is 15.1. The molecular weight excluding hydrogens is 408 g/mol. The molecule has 6 nitrogen and oxygen atoms in total. The second-order valence-electron chi connectivity index (χ2n) is 8.55. The number of hydrogen-bond acceptors (Lipinski definition) is 4. The van der Waals surface area contributed by atoms with E-state index in [4.69, 9.17) is 9.73 Å². The van der Waals surface area contributed by atoms with E-state index < -0.39 is 10.8 Å². The third kappa shape index (κ3) is 6.94. The molecule has 174 valence electrons. The lowest BCUT2D eigenvalue weighted by molar-refractivity contribution is 0.251. The molecule has 4 atom stereocenters. The summed E-state index contributed by atoms with van der Waals surface area (Å²) in [6.07, 6.45) is 6.80. The summed E-state index contributed by atoms with van der Waals surface area (Å²) in [6.45, 7) is 7.90. The highest BCUT2D eigenvalue weighted by Gasteiger charge is 2.27. The largest absolute Gasteiger partial charge is 0.497 e. The minimum absolute atomic E-state index is 0.250. The van der Waals surface area contributed by atoms with Crippen LogP contribution in [0.4, 0.5) is 0 Å². The second-order valence-corrected chi connectivity index (χ2v) is 10.6. The van der Waals surface area contributed by atoms with Crippen molar-refractivity contribution >= 4 is 16.8 Å². The van der Waals surface area contributed by atoms with Crippen molar-refractivity contribution in [2.75, 3.05) is 39.0 Å². The molecule has 1 aliphatic heterocycles. The van der Waals surface area contributed by atoms with Crippen molar-refractivity contribution < 1.29 is 8.95 Å². The maximum atomic E-state index is 12.3. The highest BCUT2D eigenvalue weighted by Crippen LogP contribution is 2.28. The summed E-state index contributed by atoms with van der Waals surface area (Å²) in [6, 6.07) is 8.99. The van der Waals surface area contributed by atoms with Crippen LogP contribution < -0.4 is 15.4 Å². The standard InChI is InChI=1S/C24H40N4O2S/c1-4-25-24(27-20-11-9-13-22(17-20)31(29)5-2)26-18-23(28-14-6-7-15-28)19-10-8-12-21(16-19)30-3/h8,10,12,16,20,22-23H,4-7,9,11,13-15,17-18H2,1-3H3,(H2,25,26,27). The Hall–Kier alpha value is -1.60. The Kier molecular flexibility index (Phi) is 9.65. The number of aliphatic imine (C=N–C) groups is 1. The summed E-state index contributed by atoms with van der Waals surface area (Å²) in [5, 5.41) is 7.39. The normalized spacial score (nSPS) is 24.5. The molecule has 1 saturated carbocycles. The van der Waals surface area contributed by atoms with Crippen LogP contribution in [0.25, 0.3) is 0 Å². The van der Waals surface area contributed by atoms with Gasteiger partial charge in [0, 0.05) is 34.4 Å². The fourth-order valence-corrected chi connectivity index (χ4v) is 6.12. The zero-order valence-electron chi connectivity index (χ0n) is 19.4.